The van der Waals surface area contributed by atoms with Crippen LogP contribution in [0.1, 0.15) is 20.3 Å². The molecule has 0 radical (unpaired) electrons. The largest absolute Gasteiger partial charge is 0.372 e. The third-order valence-electron chi connectivity index (χ3n) is 4.09. The van der Waals surface area contributed by atoms with E-state index in [0.29, 0.717) is 31.2 Å². The van der Waals surface area contributed by atoms with Gasteiger partial charge in [0.1, 0.15) is 0 Å². The van der Waals surface area contributed by atoms with Gasteiger partial charge in [0.15, 0.2) is 5.82 Å². The number of nitrogens with zero attached hydrogens (tertiary/aromatic N) is 4. The van der Waals surface area contributed by atoms with Gasteiger partial charge in [0.05, 0.1) is 36.8 Å². The molecule has 1 aliphatic heterocycles. The number of nitrogens with one attached hydrogen (secondary N) is 1. The molecule has 0 aromatic carbocycles. The minimum absolute atomic E-state index is 0.131. The van der Waals surface area contributed by atoms with Crippen LogP contribution in [0.25, 0.3) is 5.82 Å². The number of amides is 2. The molecule has 0 spiro atoms. The van der Waals surface area contributed by atoms with Crippen LogP contribution in [0.4, 0.5) is 10.5 Å². The molecule has 1 saturated heterocycles. The van der Waals surface area contributed by atoms with Gasteiger partial charge in [0.25, 0.3) is 0 Å². The average molecular weight is 315 g/mol. The van der Waals surface area contributed by atoms with Crippen LogP contribution >= 0.6 is 0 Å². The van der Waals surface area contributed by atoms with Gasteiger partial charge >= 0.3 is 6.03 Å². The van der Waals surface area contributed by atoms with Crippen molar-refractivity contribution < 1.29 is 9.53 Å². The molecule has 1 fully saturated rings. The highest BCUT2D eigenvalue weighted by atomic mass is 16.5. The van der Waals surface area contributed by atoms with Crippen molar-refractivity contribution in [3.05, 3.63) is 36.8 Å². The summed E-state index contributed by atoms with van der Waals surface area (Å²) >= 11 is 0. The Bertz CT molecular complexity index is 672. The topological polar surface area (TPSA) is 72.3 Å². The van der Waals surface area contributed by atoms with Crippen LogP contribution in [-0.4, -0.2) is 51.0 Å². The maximum Gasteiger partial charge on any atom is 0.322 e. The molecule has 23 heavy (non-hydrogen) atoms. The first kappa shape index (κ1) is 15.5. The minimum atomic E-state index is -0.270. The molecule has 2 aromatic heterocycles. The van der Waals surface area contributed by atoms with Gasteiger partial charge in [-0.1, -0.05) is 13.0 Å². The average Bonchev–Trinajstić information content (AvgIpc) is 3.04. The number of hydrogen-bond acceptors (Lipinski definition) is 4. The van der Waals surface area contributed by atoms with E-state index in [9.17, 15) is 4.79 Å². The van der Waals surface area contributed by atoms with Crippen molar-refractivity contribution in [3.8, 4) is 5.82 Å². The van der Waals surface area contributed by atoms with Crippen LogP contribution in [0.5, 0.6) is 0 Å². The number of rotatable bonds is 3. The van der Waals surface area contributed by atoms with Crippen molar-refractivity contribution in [1.29, 1.82) is 0 Å². The first-order chi connectivity index (χ1) is 11.1. The highest BCUT2D eigenvalue weighted by Crippen LogP contribution is 2.21. The van der Waals surface area contributed by atoms with Crippen LogP contribution in [0, 0.1) is 0 Å². The quantitative estimate of drug-likeness (QED) is 0.943. The van der Waals surface area contributed by atoms with Crippen LogP contribution in [0.3, 0.4) is 0 Å². The summed E-state index contributed by atoms with van der Waals surface area (Å²) in [6.45, 7) is 5.84. The van der Waals surface area contributed by atoms with E-state index < -0.39 is 0 Å². The molecule has 0 bridgehead atoms. The summed E-state index contributed by atoms with van der Waals surface area (Å²) in [7, 11) is 0. The van der Waals surface area contributed by atoms with Crippen LogP contribution in [-0.2, 0) is 4.74 Å². The van der Waals surface area contributed by atoms with E-state index in [0.717, 1.165) is 6.42 Å². The summed E-state index contributed by atoms with van der Waals surface area (Å²) in [6, 6.07) is 5.46. The summed E-state index contributed by atoms with van der Waals surface area (Å²) in [5, 5.41) is 7.11. The van der Waals surface area contributed by atoms with Gasteiger partial charge in [-0.25, -0.2) is 14.5 Å². The number of carbonyl (C=O) groups is 1. The number of morpholine rings is 1. The van der Waals surface area contributed by atoms with E-state index in [4.69, 9.17) is 4.74 Å². The molecule has 1 atom stereocenters. The number of pyridine rings is 1. The lowest BCUT2D eigenvalue weighted by Gasteiger charge is -2.39. The van der Waals surface area contributed by atoms with Crippen molar-refractivity contribution in [2.45, 2.75) is 25.9 Å². The molecule has 7 heteroatoms. The van der Waals surface area contributed by atoms with Crippen molar-refractivity contribution in [3.63, 3.8) is 0 Å². The van der Waals surface area contributed by atoms with Gasteiger partial charge in [-0.05, 0) is 25.5 Å². The van der Waals surface area contributed by atoms with Crippen LogP contribution in [0.15, 0.2) is 36.8 Å². The molecule has 7 nitrogen and oxygen atoms in total. The summed E-state index contributed by atoms with van der Waals surface area (Å²) < 4.78 is 7.39. The zero-order chi connectivity index (χ0) is 16.3. The lowest BCUT2D eigenvalue weighted by atomic mass is 10.0. The van der Waals surface area contributed by atoms with Crippen LogP contribution in [0.2, 0.25) is 0 Å². The highest BCUT2D eigenvalue weighted by molar-refractivity contribution is 5.89. The second-order valence-corrected chi connectivity index (χ2v) is 5.87. The Hall–Kier alpha value is -2.41. The molecule has 0 aliphatic carbocycles. The highest BCUT2D eigenvalue weighted by Gasteiger charge is 2.32. The van der Waals surface area contributed by atoms with Crippen molar-refractivity contribution in [1.82, 2.24) is 19.7 Å². The van der Waals surface area contributed by atoms with Gasteiger partial charge in [-0.2, -0.15) is 5.10 Å². The molecular formula is C16H21N5O2. The Morgan fingerprint density at radius 2 is 2.35 bits per heavy atom. The number of hydrogen-bond donors (Lipinski definition) is 1. The predicted molar refractivity (Wildman–Crippen MR) is 86.6 cm³/mol. The molecule has 122 valence electrons. The van der Waals surface area contributed by atoms with E-state index in [1.165, 1.54) is 0 Å². The van der Waals surface area contributed by atoms with E-state index in [-0.39, 0.29) is 11.6 Å². The van der Waals surface area contributed by atoms with Crippen molar-refractivity contribution in [2.75, 3.05) is 25.0 Å². The van der Waals surface area contributed by atoms with E-state index >= 15 is 0 Å². The molecule has 2 amide bonds. The van der Waals surface area contributed by atoms with Crippen LogP contribution < -0.4 is 5.32 Å². The summed E-state index contributed by atoms with van der Waals surface area (Å²) in [5.74, 6) is 0.706. The fraction of sp³-hybridized carbons (Fsp3) is 0.438. The maximum atomic E-state index is 12.4. The number of urea groups is 1. The lowest BCUT2D eigenvalue weighted by Crippen LogP contribution is -2.52. The van der Waals surface area contributed by atoms with Gasteiger partial charge < -0.3 is 15.0 Å². The van der Waals surface area contributed by atoms with E-state index in [1.54, 1.807) is 28.2 Å². The van der Waals surface area contributed by atoms with E-state index in [2.05, 4.69) is 22.3 Å². The third kappa shape index (κ3) is 3.50. The monoisotopic (exact) mass is 315 g/mol. The Morgan fingerprint density at radius 1 is 1.48 bits per heavy atom. The zero-order valence-electron chi connectivity index (χ0n) is 13.4. The molecule has 0 saturated carbocycles. The number of anilines is 1. The SMILES string of the molecule is CC[C@]1(C)CN(C(=O)Nc2cnn(-c3ccccn3)c2)CCO1. The molecule has 1 aliphatic rings. The smallest absolute Gasteiger partial charge is 0.322 e. The summed E-state index contributed by atoms with van der Waals surface area (Å²) in [5.41, 5.74) is 0.374. The number of carbonyl (C=O) groups excluding carboxylic acids is 1. The molecule has 3 heterocycles. The van der Waals surface area contributed by atoms with Gasteiger partial charge in [0.2, 0.25) is 0 Å². The zero-order valence-corrected chi connectivity index (χ0v) is 13.4. The Labute approximate surface area is 135 Å². The second-order valence-electron chi connectivity index (χ2n) is 5.87. The fourth-order valence-electron chi connectivity index (χ4n) is 2.52. The minimum Gasteiger partial charge on any atom is -0.372 e. The van der Waals surface area contributed by atoms with Gasteiger partial charge in [0, 0.05) is 12.7 Å². The Balaban J connectivity index is 1.66. The van der Waals surface area contributed by atoms with Gasteiger partial charge in [-0.3, -0.25) is 0 Å². The Kier molecular flexibility index (Phi) is 4.29. The molecule has 0 unspecified atom stereocenters. The molecule has 3 rings (SSSR count). The van der Waals surface area contributed by atoms with E-state index in [1.807, 2.05) is 25.1 Å². The molecule has 2 aromatic rings. The number of aromatic nitrogens is 3. The predicted octanol–water partition coefficient (Wildman–Crippen LogP) is 2.30. The summed E-state index contributed by atoms with van der Waals surface area (Å²) in [4.78, 5) is 18.4. The first-order valence-electron chi connectivity index (χ1n) is 7.76. The van der Waals surface area contributed by atoms with Crippen molar-refractivity contribution in [2.24, 2.45) is 0 Å². The molecule has 1 N–H and O–H groups in total. The van der Waals surface area contributed by atoms with Crippen molar-refractivity contribution >= 4 is 11.7 Å². The standard InChI is InChI=1S/C16H21N5O2/c1-3-16(2)12-20(8-9-23-16)15(22)19-13-10-18-21(11-13)14-6-4-5-7-17-14/h4-7,10-11H,3,8-9,12H2,1-2H3,(H,19,22)/t16-/m1/s1. The lowest BCUT2D eigenvalue weighted by molar-refractivity contribution is -0.0860. The first-order valence-corrected chi connectivity index (χ1v) is 7.76. The van der Waals surface area contributed by atoms with Gasteiger partial charge in [-0.15, -0.1) is 0 Å². The maximum absolute atomic E-state index is 12.4. The fourth-order valence-corrected chi connectivity index (χ4v) is 2.52. The second kappa shape index (κ2) is 6.37. The number of ether oxygens (including phenoxy) is 1. The molecular weight excluding hydrogens is 294 g/mol. The summed E-state index contributed by atoms with van der Waals surface area (Å²) in [6.07, 6.45) is 5.94. The third-order valence-corrected chi connectivity index (χ3v) is 4.09. The Morgan fingerprint density at radius 3 is 3.09 bits per heavy atom. The normalized spacial score (nSPS) is 21.2.